The van der Waals surface area contributed by atoms with Crippen LogP contribution >= 0.6 is 0 Å². The van der Waals surface area contributed by atoms with E-state index in [0.29, 0.717) is 47.2 Å². The zero-order chi connectivity index (χ0) is 30.9. The van der Waals surface area contributed by atoms with Crippen molar-refractivity contribution < 1.29 is 29.2 Å². The first-order valence-corrected chi connectivity index (χ1v) is 14.4. The molecule has 4 aromatic rings. The van der Waals surface area contributed by atoms with Crippen LogP contribution in [0, 0.1) is 13.8 Å². The van der Waals surface area contributed by atoms with Gasteiger partial charge in [0, 0.05) is 46.9 Å². The van der Waals surface area contributed by atoms with Crippen molar-refractivity contribution in [2.24, 2.45) is 0 Å². The van der Waals surface area contributed by atoms with Crippen molar-refractivity contribution in [1.29, 1.82) is 0 Å². The fourth-order valence-corrected chi connectivity index (χ4v) is 6.36. The molecule has 0 fully saturated rings. The molecule has 0 bridgehead atoms. The van der Waals surface area contributed by atoms with E-state index in [2.05, 4.69) is 27.7 Å². The number of aromatic hydroxyl groups is 2. The highest BCUT2D eigenvalue weighted by atomic mass is 16.7. The highest BCUT2D eigenvalue weighted by Gasteiger charge is 2.53. The van der Waals surface area contributed by atoms with Crippen molar-refractivity contribution in [2.75, 3.05) is 11.5 Å². The summed E-state index contributed by atoms with van der Waals surface area (Å²) in [6.07, 6.45) is 1.26. The number of fused-ring (bicyclic) bond motifs is 2. The van der Waals surface area contributed by atoms with Crippen LogP contribution in [-0.4, -0.2) is 16.0 Å². The lowest BCUT2D eigenvalue weighted by atomic mass is 9.69. The molecule has 8 nitrogen and oxygen atoms in total. The van der Waals surface area contributed by atoms with Gasteiger partial charge >= 0.3 is 0 Å². The number of hydrogen-bond acceptors (Lipinski definition) is 8. The first-order chi connectivity index (χ1) is 20.1. The molecule has 0 aliphatic carbocycles. The Morgan fingerprint density at radius 1 is 0.628 bits per heavy atom. The SMILES string of the molecule is Cc1cc2c(cc1Oc1ccc(N)c(O)c1)C(C)(C)CC1(CC(C)(C)c3cc(Oc4ccc(N)c(O)c4)c(C)cc3O1)O2. The third-order valence-electron chi connectivity index (χ3n) is 8.49. The van der Waals surface area contributed by atoms with Gasteiger partial charge in [0.25, 0.3) is 5.79 Å². The van der Waals surface area contributed by atoms with Crippen LogP contribution in [0.2, 0.25) is 0 Å². The van der Waals surface area contributed by atoms with Gasteiger partial charge in [-0.3, -0.25) is 0 Å². The van der Waals surface area contributed by atoms with E-state index in [-0.39, 0.29) is 22.3 Å². The van der Waals surface area contributed by atoms with E-state index in [9.17, 15) is 10.2 Å². The van der Waals surface area contributed by atoms with Crippen LogP contribution in [0.5, 0.6) is 46.0 Å². The van der Waals surface area contributed by atoms with Crippen molar-refractivity contribution in [1.82, 2.24) is 0 Å². The maximum Gasteiger partial charge on any atom is 0.252 e. The molecular weight excluding hydrogens is 544 g/mol. The van der Waals surface area contributed by atoms with Crippen LogP contribution in [0.15, 0.2) is 60.7 Å². The fraction of sp³-hybridized carbons (Fsp3) is 0.314. The Hall–Kier alpha value is -4.72. The Morgan fingerprint density at radius 3 is 1.40 bits per heavy atom. The lowest BCUT2D eigenvalue weighted by Gasteiger charge is -2.51. The number of nitrogen functional groups attached to an aromatic ring is 2. The number of ether oxygens (including phenoxy) is 4. The number of rotatable bonds is 4. The van der Waals surface area contributed by atoms with E-state index in [4.69, 9.17) is 30.4 Å². The molecular formula is C35H38N2O6. The second-order valence-corrected chi connectivity index (χ2v) is 13.1. The Kier molecular flexibility index (Phi) is 6.38. The van der Waals surface area contributed by atoms with Crippen LogP contribution in [0.25, 0.3) is 0 Å². The second kappa shape index (κ2) is 9.66. The van der Waals surface area contributed by atoms with Crippen LogP contribution in [0.1, 0.15) is 62.8 Å². The number of benzene rings is 4. The Balaban J connectivity index is 1.32. The summed E-state index contributed by atoms with van der Waals surface area (Å²) in [4.78, 5) is 0. The van der Waals surface area contributed by atoms with Crippen molar-refractivity contribution in [3.63, 3.8) is 0 Å². The van der Waals surface area contributed by atoms with Crippen LogP contribution < -0.4 is 30.4 Å². The molecule has 8 heteroatoms. The minimum absolute atomic E-state index is 0.0190. The molecule has 0 saturated carbocycles. The van der Waals surface area contributed by atoms with Crippen LogP contribution in [0.4, 0.5) is 11.4 Å². The molecule has 2 aliphatic rings. The maximum absolute atomic E-state index is 10.0. The highest BCUT2D eigenvalue weighted by Crippen LogP contribution is 2.55. The third-order valence-corrected chi connectivity index (χ3v) is 8.49. The predicted octanol–water partition coefficient (Wildman–Crippen LogP) is 7.98. The molecule has 0 amide bonds. The van der Waals surface area contributed by atoms with Gasteiger partial charge < -0.3 is 40.6 Å². The van der Waals surface area contributed by atoms with Gasteiger partial charge in [-0.05, 0) is 73.5 Å². The number of phenols is 2. The summed E-state index contributed by atoms with van der Waals surface area (Å²) >= 11 is 0. The van der Waals surface area contributed by atoms with E-state index in [1.165, 1.54) is 12.1 Å². The third kappa shape index (κ3) is 5.11. The van der Waals surface area contributed by atoms with Crippen molar-refractivity contribution >= 4 is 11.4 Å². The smallest absolute Gasteiger partial charge is 0.252 e. The average molecular weight is 583 g/mol. The van der Waals surface area contributed by atoms with Crippen molar-refractivity contribution in [2.45, 2.75) is 71.0 Å². The number of nitrogens with two attached hydrogens (primary N) is 2. The van der Waals surface area contributed by atoms with Gasteiger partial charge in [0.2, 0.25) is 0 Å². The quantitative estimate of drug-likeness (QED) is 0.141. The second-order valence-electron chi connectivity index (χ2n) is 13.1. The van der Waals surface area contributed by atoms with Gasteiger partial charge in [-0.1, -0.05) is 27.7 Å². The molecule has 0 saturated heterocycles. The molecule has 4 aromatic carbocycles. The van der Waals surface area contributed by atoms with Crippen molar-refractivity contribution in [3.8, 4) is 46.0 Å². The number of phenolic OH excluding ortho intramolecular Hbond substituents is 2. The Morgan fingerprint density at radius 2 is 1.02 bits per heavy atom. The summed E-state index contributed by atoms with van der Waals surface area (Å²) < 4.78 is 25.9. The molecule has 0 aromatic heterocycles. The zero-order valence-corrected chi connectivity index (χ0v) is 25.4. The van der Waals surface area contributed by atoms with Gasteiger partial charge in [0.05, 0.1) is 11.4 Å². The molecule has 2 aliphatic heterocycles. The number of aryl methyl sites for hydroxylation is 2. The van der Waals surface area contributed by atoms with Crippen LogP contribution in [-0.2, 0) is 10.8 Å². The summed E-state index contributed by atoms with van der Waals surface area (Å²) in [6, 6.07) is 17.8. The van der Waals surface area contributed by atoms with E-state index in [0.717, 1.165) is 33.8 Å². The topological polar surface area (TPSA) is 129 Å². The molecule has 1 spiro atoms. The fourth-order valence-electron chi connectivity index (χ4n) is 6.36. The first-order valence-electron chi connectivity index (χ1n) is 14.4. The highest BCUT2D eigenvalue weighted by molar-refractivity contribution is 5.58. The van der Waals surface area contributed by atoms with Gasteiger partial charge in [-0.25, -0.2) is 0 Å². The maximum atomic E-state index is 10.0. The van der Waals surface area contributed by atoms with Gasteiger partial charge in [0.1, 0.15) is 46.0 Å². The largest absolute Gasteiger partial charge is 0.506 e. The van der Waals surface area contributed by atoms with Crippen molar-refractivity contribution in [3.05, 3.63) is 82.9 Å². The molecule has 0 radical (unpaired) electrons. The summed E-state index contributed by atoms with van der Waals surface area (Å²) in [7, 11) is 0. The van der Waals surface area contributed by atoms with E-state index in [1.54, 1.807) is 24.3 Å². The lowest BCUT2D eigenvalue weighted by Crippen LogP contribution is -2.55. The molecule has 43 heavy (non-hydrogen) atoms. The van der Waals surface area contributed by atoms with Gasteiger partial charge in [-0.2, -0.15) is 0 Å². The van der Waals surface area contributed by atoms with E-state index >= 15 is 0 Å². The Labute approximate surface area is 251 Å². The molecule has 0 atom stereocenters. The minimum atomic E-state index is -0.873. The summed E-state index contributed by atoms with van der Waals surface area (Å²) in [5, 5.41) is 20.1. The first kappa shape index (κ1) is 28.4. The molecule has 6 N–H and O–H groups in total. The molecule has 2 heterocycles. The summed E-state index contributed by atoms with van der Waals surface area (Å²) in [5.74, 6) is 2.99. The summed E-state index contributed by atoms with van der Waals surface area (Å²) in [6.45, 7) is 12.7. The van der Waals surface area contributed by atoms with E-state index < -0.39 is 5.79 Å². The van der Waals surface area contributed by atoms with Gasteiger partial charge in [0.15, 0.2) is 0 Å². The lowest BCUT2D eigenvalue weighted by molar-refractivity contribution is -0.166. The standard InChI is InChI=1S/C35H38N2O6/c1-19-11-31-23(15-29(19)40-21-7-9-25(36)27(38)13-21)33(3,4)17-35(42-31)18-34(5,6)24-16-30(20(2)12-32(24)43-35)41-22-8-10-26(37)28(39)14-22/h7-16,38-39H,17-18,36-37H2,1-6H3. The predicted molar refractivity (Wildman–Crippen MR) is 167 cm³/mol. The number of anilines is 2. The van der Waals surface area contributed by atoms with Gasteiger partial charge in [-0.15, -0.1) is 0 Å². The Bertz CT molecular complexity index is 1630. The van der Waals surface area contributed by atoms with Crippen LogP contribution in [0.3, 0.4) is 0 Å². The molecule has 0 unspecified atom stereocenters. The minimum Gasteiger partial charge on any atom is -0.506 e. The monoisotopic (exact) mass is 582 g/mol. The van der Waals surface area contributed by atoms with E-state index in [1.807, 2.05) is 38.1 Å². The number of hydrogen-bond donors (Lipinski definition) is 4. The zero-order valence-electron chi connectivity index (χ0n) is 25.4. The molecule has 6 rings (SSSR count). The average Bonchev–Trinajstić information content (AvgIpc) is 2.89. The molecule has 224 valence electrons. The normalized spacial score (nSPS) is 17.3. The summed E-state index contributed by atoms with van der Waals surface area (Å²) in [5.41, 5.74) is 15.4.